The molecule has 1 aliphatic heterocycles. The number of aromatic nitrogens is 2. The minimum atomic E-state index is -0.288. The molecule has 3 aromatic rings. The molecule has 156 valence electrons. The van der Waals surface area contributed by atoms with Crippen molar-refractivity contribution in [2.45, 2.75) is 20.4 Å². The molecule has 1 amide bonds. The zero-order chi connectivity index (χ0) is 21.3. The van der Waals surface area contributed by atoms with Crippen LogP contribution < -0.4 is 0 Å². The van der Waals surface area contributed by atoms with Gasteiger partial charge in [-0.3, -0.25) is 9.69 Å². The fraction of sp³-hybridized carbons (Fsp3) is 0.304. The first kappa shape index (κ1) is 20.6. The standard InChI is InChI=1S/C23H24ClFN4O/c1-16-14-17(2)29(26-16)19-8-6-18(7-9-19)23(30)28-12-10-27(11-13-28)15-20-21(24)4-3-5-22(20)25/h3-9,14H,10-13,15H2,1-2H3. The van der Waals surface area contributed by atoms with Gasteiger partial charge in [-0.05, 0) is 56.3 Å². The SMILES string of the molecule is Cc1cc(C)n(-c2ccc(C(=O)N3CCN(Cc4c(F)cccc4Cl)CC3)cc2)n1. The van der Waals surface area contributed by atoms with Gasteiger partial charge in [0.05, 0.1) is 11.4 Å². The molecule has 1 aliphatic rings. The van der Waals surface area contributed by atoms with E-state index >= 15 is 0 Å². The number of amides is 1. The fourth-order valence-electron chi connectivity index (χ4n) is 3.83. The first-order chi connectivity index (χ1) is 14.4. The van der Waals surface area contributed by atoms with Crippen LogP contribution in [0.2, 0.25) is 5.02 Å². The highest BCUT2D eigenvalue weighted by molar-refractivity contribution is 6.31. The molecule has 1 aromatic heterocycles. The summed E-state index contributed by atoms with van der Waals surface area (Å²) < 4.78 is 15.9. The second-order valence-corrected chi connectivity index (χ2v) is 8.06. The average molecular weight is 427 g/mol. The molecule has 0 atom stereocenters. The van der Waals surface area contributed by atoms with Gasteiger partial charge < -0.3 is 4.90 Å². The maximum absolute atomic E-state index is 14.0. The Kier molecular flexibility index (Phi) is 5.88. The summed E-state index contributed by atoms with van der Waals surface area (Å²) in [4.78, 5) is 16.9. The van der Waals surface area contributed by atoms with Gasteiger partial charge in [-0.1, -0.05) is 17.7 Å². The predicted molar refractivity (Wildman–Crippen MR) is 116 cm³/mol. The van der Waals surface area contributed by atoms with E-state index in [4.69, 9.17) is 11.6 Å². The Hall–Kier alpha value is -2.70. The van der Waals surface area contributed by atoms with Gasteiger partial charge in [0.15, 0.2) is 0 Å². The number of piperazine rings is 1. The van der Waals surface area contributed by atoms with Crippen LogP contribution in [0.4, 0.5) is 4.39 Å². The Morgan fingerprint density at radius 2 is 1.77 bits per heavy atom. The van der Waals surface area contributed by atoms with Crippen LogP contribution >= 0.6 is 11.6 Å². The van der Waals surface area contributed by atoms with Gasteiger partial charge >= 0.3 is 0 Å². The molecule has 30 heavy (non-hydrogen) atoms. The summed E-state index contributed by atoms with van der Waals surface area (Å²) in [7, 11) is 0. The summed E-state index contributed by atoms with van der Waals surface area (Å²) in [6, 6.07) is 14.3. The van der Waals surface area contributed by atoms with Crippen molar-refractivity contribution in [3.05, 3.63) is 81.9 Å². The maximum Gasteiger partial charge on any atom is 0.253 e. The number of carbonyl (C=O) groups excluding carboxylic acids is 1. The summed E-state index contributed by atoms with van der Waals surface area (Å²) in [6.45, 7) is 6.98. The second-order valence-electron chi connectivity index (χ2n) is 7.65. The Bertz CT molecular complexity index is 1040. The molecule has 1 saturated heterocycles. The molecule has 0 saturated carbocycles. The number of hydrogen-bond acceptors (Lipinski definition) is 3. The minimum Gasteiger partial charge on any atom is -0.336 e. The van der Waals surface area contributed by atoms with Gasteiger partial charge in [-0.2, -0.15) is 5.10 Å². The summed E-state index contributed by atoms with van der Waals surface area (Å²) in [5.74, 6) is -0.276. The van der Waals surface area contributed by atoms with Crippen molar-refractivity contribution in [3.63, 3.8) is 0 Å². The lowest BCUT2D eigenvalue weighted by molar-refractivity contribution is 0.0627. The molecule has 7 heteroatoms. The first-order valence-electron chi connectivity index (χ1n) is 10.0. The maximum atomic E-state index is 14.0. The molecule has 0 aliphatic carbocycles. The predicted octanol–water partition coefficient (Wildman–Crippen LogP) is 4.24. The summed E-state index contributed by atoms with van der Waals surface area (Å²) >= 11 is 6.14. The Labute approximate surface area is 180 Å². The van der Waals surface area contributed by atoms with Crippen LogP contribution in [-0.4, -0.2) is 51.7 Å². The average Bonchev–Trinajstić information content (AvgIpc) is 3.09. The van der Waals surface area contributed by atoms with E-state index in [1.165, 1.54) is 6.07 Å². The third-order valence-corrected chi connectivity index (χ3v) is 5.83. The van der Waals surface area contributed by atoms with Crippen LogP contribution in [0.15, 0.2) is 48.5 Å². The van der Waals surface area contributed by atoms with Crippen molar-refractivity contribution in [3.8, 4) is 5.69 Å². The van der Waals surface area contributed by atoms with Gasteiger partial charge in [-0.25, -0.2) is 9.07 Å². The van der Waals surface area contributed by atoms with Crippen LogP contribution in [0.3, 0.4) is 0 Å². The lowest BCUT2D eigenvalue weighted by atomic mass is 10.1. The molecule has 0 N–H and O–H groups in total. The van der Waals surface area contributed by atoms with E-state index in [1.807, 2.05) is 53.8 Å². The van der Waals surface area contributed by atoms with E-state index in [9.17, 15) is 9.18 Å². The summed E-state index contributed by atoms with van der Waals surface area (Å²) in [5.41, 5.74) is 4.12. The van der Waals surface area contributed by atoms with Gasteiger partial charge in [0, 0.05) is 54.6 Å². The van der Waals surface area contributed by atoms with Crippen LogP contribution in [0.1, 0.15) is 27.3 Å². The lowest BCUT2D eigenvalue weighted by Gasteiger charge is -2.35. The van der Waals surface area contributed by atoms with Crippen LogP contribution in [-0.2, 0) is 6.54 Å². The highest BCUT2D eigenvalue weighted by atomic mass is 35.5. The van der Waals surface area contributed by atoms with E-state index < -0.39 is 0 Å². The number of nitrogens with zero attached hydrogens (tertiary/aromatic N) is 4. The molecule has 2 heterocycles. The largest absolute Gasteiger partial charge is 0.336 e. The Balaban J connectivity index is 1.38. The third kappa shape index (κ3) is 4.25. The molecular formula is C23H24ClFN4O. The zero-order valence-electron chi connectivity index (χ0n) is 17.1. The molecule has 5 nitrogen and oxygen atoms in total. The molecule has 0 bridgehead atoms. The fourth-order valence-corrected chi connectivity index (χ4v) is 4.06. The second kappa shape index (κ2) is 8.58. The van der Waals surface area contributed by atoms with E-state index in [-0.39, 0.29) is 11.7 Å². The number of carbonyl (C=O) groups is 1. The highest BCUT2D eigenvalue weighted by Gasteiger charge is 2.23. The Morgan fingerprint density at radius 3 is 2.37 bits per heavy atom. The molecule has 0 spiro atoms. The van der Waals surface area contributed by atoms with Crippen LogP contribution in [0.5, 0.6) is 0 Å². The van der Waals surface area contributed by atoms with E-state index in [0.29, 0.717) is 48.9 Å². The van der Waals surface area contributed by atoms with Crippen molar-refractivity contribution in [1.29, 1.82) is 0 Å². The minimum absolute atomic E-state index is 0.0125. The Morgan fingerprint density at radius 1 is 1.07 bits per heavy atom. The molecule has 0 unspecified atom stereocenters. The number of aryl methyl sites for hydroxylation is 2. The van der Waals surface area contributed by atoms with Crippen molar-refractivity contribution < 1.29 is 9.18 Å². The van der Waals surface area contributed by atoms with Gasteiger partial charge in [-0.15, -0.1) is 0 Å². The van der Waals surface area contributed by atoms with Crippen molar-refractivity contribution in [2.75, 3.05) is 26.2 Å². The number of benzene rings is 2. The monoisotopic (exact) mass is 426 g/mol. The summed E-state index contributed by atoms with van der Waals surface area (Å²) in [5, 5.41) is 4.92. The van der Waals surface area contributed by atoms with E-state index in [0.717, 1.165) is 17.1 Å². The van der Waals surface area contributed by atoms with Crippen LogP contribution in [0, 0.1) is 19.7 Å². The molecule has 2 aromatic carbocycles. The number of hydrogen-bond donors (Lipinski definition) is 0. The third-order valence-electron chi connectivity index (χ3n) is 5.47. The molecular weight excluding hydrogens is 403 g/mol. The smallest absolute Gasteiger partial charge is 0.253 e. The highest BCUT2D eigenvalue weighted by Crippen LogP contribution is 2.22. The van der Waals surface area contributed by atoms with Crippen LogP contribution in [0.25, 0.3) is 5.69 Å². The van der Waals surface area contributed by atoms with E-state index in [2.05, 4.69) is 10.00 Å². The normalized spacial score (nSPS) is 14.9. The van der Waals surface area contributed by atoms with Gasteiger partial charge in [0.25, 0.3) is 5.91 Å². The van der Waals surface area contributed by atoms with Crippen molar-refractivity contribution >= 4 is 17.5 Å². The van der Waals surface area contributed by atoms with Crippen molar-refractivity contribution in [1.82, 2.24) is 19.6 Å². The summed E-state index contributed by atoms with van der Waals surface area (Å²) in [6.07, 6.45) is 0. The molecule has 0 radical (unpaired) electrons. The lowest BCUT2D eigenvalue weighted by Crippen LogP contribution is -2.48. The first-order valence-corrected chi connectivity index (χ1v) is 10.4. The molecule has 4 rings (SSSR count). The molecule has 1 fully saturated rings. The van der Waals surface area contributed by atoms with E-state index in [1.54, 1.807) is 12.1 Å². The van der Waals surface area contributed by atoms with Gasteiger partial charge in [0.2, 0.25) is 0 Å². The number of rotatable bonds is 4. The topological polar surface area (TPSA) is 41.4 Å². The number of halogens is 2. The zero-order valence-corrected chi connectivity index (χ0v) is 17.9. The quantitative estimate of drug-likeness (QED) is 0.626. The van der Waals surface area contributed by atoms with Gasteiger partial charge in [0.1, 0.15) is 5.82 Å². The van der Waals surface area contributed by atoms with Crippen molar-refractivity contribution in [2.24, 2.45) is 0 Å².